The maximum Gasteiger partial charge on any atom is 0.107 e. The molecule has 0 aliphatic heterocycles. The van der Waals surface area contributed by atoms with Crippen LogP contribution in [0, 0.1) is 5.92 Å². The molecule has 0 fully saturated rings. The second kappa shape index (κ2) is 5.19. The highest BCUT2D eigenvalue weighted by Gasteiger charge is 2.33. The van der Waals surface area contributed by atoms with Gasteiger partial charge in [-0.2, -0.15) is 0 Å². The Labute approximate surface area is 119 Å². The highest BCUT2D eigenvalue weighted by Crippen LogP contribution is 2.46. The summed E-state index contributed by atoms with van der Waals surface area (Å²) in [5.41, 5.74) is 6.06. The second-order valence-corrected chi connectivity index (χ2v) is 7.03. The molecule has 1 aliphatic carbocycles. The summed E-state index contributed by atoms with van der Waals surface area (Å²) in [4.78, 5) is 0. The number of fused-ring (bicyclic) bond motifs is 1. The summed E-state index contributed by atoms with van der Waals surface area (Å²) in [5.74, 6) is 1.44. The molecule has 1 aromatic rings. The van der Waals surface area contributed by atoms with Crippen LogP contribution < -0.4 is 0 Å². The number of benzene rings is 1. The van der Waals surface area contributed by atoms with Gasteiger partial charge < -0.3 is 0 Å². The summed E-state index contributed by atoms with van der Waals surface area (Å²) in [6, 6.07) is 7.06. The molecule has 0 saturated carbocycles. The van der Waals surface area contributed by atoms with Gasteiger partial charge in [-0.3, -0.25) is 0 Å². The van der Waals surface area contributed by atoms with E-state index in [9.17, 15) is 0 Å². The van der Waals surface area contributed by atoms with Crippen molar-refractivity contribution in [3.63, 3.8) is 0 Å². The lowest BCUT2D eigenvalue weighted by Gasteiger charge is -2.39. The SMILES string of the molecule is BCC(=C)c1ccc2c(c1)C(C(C)C)CCC2(C)C. The molecule has 0 spiro atoms. The summed E-state index contributed by atoms with van der Waals surface area (Å²) in [5, 5.41) is 0. The average Bonchev–Trinajstić information content (AvgIpc) is 2.36. The van der Waals surface area contributed by atoms with E-state index in [1.165, 1.54) is 24.0 Å². The van der Waals surface area contributed by atoms with Crippen LogP contribution in [0.15, 0.2) is 24.8 Å². The summed E-state index contributed by atoms with van der Waals surface area (Å²) in [7, 11) is 2.19. The minimum Gasteiger partial charge on any atom is -0.0960 e. The number of hydrogen-bond acceptors (Lipinski definition) is 0. The van der Waals surface area contributed by atoms with Crippen LogP contribution >= 0.6 is 0 Å². The van der Waals surface area contributed by atoms with E-state index in [0.717, 1.165) is 12.2 Å². The van der Waals surface area contributed by atoms with E-state index in [1.54, 1.807) is 11.1 Å². The normalized spacial score (nSPS) is 21.2. The van der Waals surface area contributed by atoms with Gasteiger partial charge in [0.2, 0.25) is 0 Å². The first-order chi connectivity index (χ1) is 8.86. The molecule has 1 aromatic carbocycles. The van der Waals surface area contributed by atoms with Crippen molar-refractivity contribution in [2.75, 3.05) is 0 Å². The fourth-order valence-corrected chi connectivity index (χ4v) is 3.41. The van der Waals surface area contributed by atoms with Crippen LogP contribution in [0.3, 0.4) is 0 Å². The second-order valence-electron chi connectivity index (χ2n) is 7.03. The Bertz CT molecular complexity index is 482. The van der Waals surface area contributed by atoms with Crippen molar-refractivity contribution < 1.29 is 0 Å². The zero-order valence-electron chi connectivity index (χ0n) is 13.2. The predicted molar refractivity (Wildman–Crippen MR) is 88.7 cm³/mol. The molecule has 1 unspecified atom stereocenters. The summed E-state index contributed by atoms with van der Waals surface area (Å²) < 4.78 is 0. The fourth-order valence-electron chi connectivity index (χ4n) is 3.41. The Kier molecular flexibility index (Phi) is 3.94. The highest BCUT2D eigenvalue weighted by molar-refractivity contribution is 6.14. The monoisotopic (exact) mass is 254 g/mol. The highest BCUT2D eigenvalue weighted by atomic mass is 14.4. The van der Waals surface area contributed by atoms with Crippen molar-refractivity contribution in [3.05, 3.63) is 41.5 Å². The average molecular weight is 254 g/mol. The van der Waals surface area contributed by atoms with Crippen LogP contribution in [-0.2, 0) is 5.41 Å². The molecule has 0 amide bonds. The van der Waals surface area contributed by atoms with Gasteiger partial charge in [0.1, 0.15) is 7.85 Å². The van der Waals surface area contributed by atoms with Gasteiger partial charge in [-0.1, -0.05) is 64.4 Å². The molecule has 102 valence electrons. The zero-order chi connectivity index (χ0) is 14.2. The van der Waals surface area contributed by atoms with E-state index in [4.69, 9.17) is 0 Å². The maximum absolute atomic E-state index is 4.20. The van der Waals surface area contributed by atoms with Gasteiger partial charge in [0.05, 0.1) is 0 Å². The molecule has 0 N–H and O–H groups in total. The lowest BCUT2D eigenvalue weighted by atomic mass is 9.66. The molecule has 0 aromatic heterocycles. The van der Waals surface area contributed by atoms with E-state index < -0.39 is 0 Å². The maximum atomic E-state index is 4.20. The van der Waals surface area contributed by atoms with Gasteiger partial charge in [0.25, 0.3) is 0 Å². The van der Waals surface area contributed by atoms with Crippen molar-refractivity contribution >= 4 is 13.4 Å². The van der Waals surface area contributed by atoms with E-state index in [1.807, 2.05) is 0 Å². The molecule has 2 rings (SSSR count). The molecule has 0 radical (unpaired) electrons. The van der Waals surface area contributed by atoms with Crippen LogP contribution in [0.4, 0.5) is 0 Å². The van der Waals surface area contributed by atoms with E-state index in [2.05, 4.69) is 60.3 Å². The third-order valence-electron chi connectivity index (χ3n) is 4.90. The first-order valence-corrected chi connectivity index (χ1v) is 7.69. The lowest BCUT2D eigenvalue weighted by molar-refractivity contribution is 0.346. The van der Waals surface area contributed by atoms with Crippen molar-refractivity contribution in [3.8, 4) is 0 Å². The lowest BCUT2D eigenvalue weighted by Crippen LogP contribution is -2.28. The Balaban J connectivity index is 2.53. The number of rotatable bonds is 3. The molecular formula is C18H27B. The van der Waals surface area contributed by atoms with Gasteiger partial charge in [-0.05, 0) is 46.8 Å². The first kappa shape index (κ1) is 14.4. The van der Waals surface area contributed by atoms with Crippen molar-refractivity contribution in [2.45, 2.75) is 58.2 Å². The van der Waals surface area contributed by atoms with Gasteiger partial charge in [0.15, 0.2) is 0 Å². The van der Waals surface area contributed by atoms with E-state index in [0.29, 0.717) is 11.3 Å². The summed E-state index contributed by atoms with van der Waals surface area (Å²) in [6.45, 7) is 13.7. The first-order valence-electron chi connectivity index (χ1n) is 7.69. The molecule has 0 heterocycles. The Morgan fingerprint density at radius 2 is 2.11 bits per heavy atom. The standard InChI is InChI=1S/C18H27B/c1-12(2)15-8-9-18(4,5)17-7-6-14(10-16(15)17)13(3)11-19/h6-7,10,12,15H,3,8-9,11,19H2,1-2,4-5H3. The molecule has 1 atom stereocenters. The van der Waals surface area contributed by atoms with Crippen molar-refractivity contribution in [1.82, 2.24) is 0 Å². The summed E-state index contributed by atoms with van der Waals surface area (Å²) >= 11 is 0. The minimum atomic E-state index is 0.326. The van der Waals surface area contributed by atoms with Crippen LogP contribution in [0.25, 0.3) is 5.57 Å². The molecule has 0 nitrogen and oxygen atoms in total. The fraction of sp³-hybridized carbons (Fsp3) is 0.556. The molecule has 1 heteroatoms. The molecule has 0 bridgehead atoms. The number of allylic oxidation sites excluding steroid dienone is 1. The van der Waals surface area contributed by atoms with Gasteiger partial charge >= 0.3 is 0 Å². The Morgan fingerprint density at radius 3 is 2.68 bits per heavy atom. The van der Waals surface area contributed by atoms with Gasteiger partial charge in [0, 0.05) is 0 Å². The van der Waals surface area contributed by atoms with E-state index in [-0.39, 0.29) is 0 Å². The molecule has 0 saturated heterocycles. The Hall–Kier alpha value is -0.975. The van der Waals surface area contributed by atoms with Crippen molar-refractivity contribution in [1.29, 1.82) is 0 Å². The van der Waals surface area contributed by atoms with E-state index >= 15 is 0 Å². The van der Waals surface area contributed by atoms with Gasteiger partial charge in [-0.25, -0.2) is 0 Å². The summed E-state index contributed by atoms with van der Waals surface area (Å²) in [6.07, 6.45) is 3.66. The molecule has 1 aliphatic rings. The molecule has 19 heavy (non-hydrogen) atoms. The van der Waals surface area contributed by atoms with Crippen LogP contribution in [-0.4, -0.2) is 7.85 Å². The minimum absolute atomic E-state index is 0.326. The predicted octanol–water partition coefficient (Wildman–Crippen LogP) is 4.56. The van der Waals surface area contributed by atoms with Crippen LogP contribution in [0.2, 0.25) is 6.32 Å². The number of hydrogen-bond donors (Lipinski definition) is 0. The third-order valence-corrected chi connectivity index (χ3v) is 4.90. The topological polar surface area (TPSA) is 0 Å². The van der Waals surface area contributed by atoms with Gasteiger partial charge in [-0.15, -0.1) is 0 Å². The largest absolute Gasteiger partial charge is 0.107 e. The smallest absolute Gasteiger partial charge is 0.0960 e. The molecular weight excluding hydrogens is 227 g/mol. The Morgan fingerprint density at radius 1 is 1.42 bits per heavy atom. The quantitative estimate of drug-likeness (QED) is 0.693. The van der Waals surface area contributed by atoms with Crippen LogP contribution in [0.1, 0.15) is 63.1 Å². The van der Waals surface area contributed by atoms with Crippen LogP contribution in [0.5, 0.6) is 0 Å². The zero-order valence-corrected chi connectivity index (χ0v) is 13.2. The third kappa shape index (κ3) is 2.66. The van der Waals surface area contributed by atoms with Crippen molar-refractivity contribution in [2.24, 2.45) is 5.92 Å².